The Morgan fingerprint density at radius 3 is 2.42 bits per heavy atom. The topological polar surface area (TPSA) is 38.0 Å². The quantitative estimate of drug-likeness (QED) is 0.820. The summed E-state index contributed by atoms with van der Waals surface area (Å²) >= 11 is 0. The minimum Gasteiger partial charge on any atom is -0.399 e. The third-order valence-corrected chi connectivity index (χ3v) is 3.70. The highest BCUT2D eigenvalue weighted by atomic mass is 19.1. The maximum Gasteiger partial charge on any atom is 0.123 e. The minimum atomic E-state index is -0.197. The van der Waals surface area contributed by atoms with Gasteiger partial charge in [0.1, 0.15) is 5.82 Å². The van der Waals surface area contributed by atoms with Gasteiger partial charge in [0.2, 0.25) is 0 Å². The van der Waals surface area contributed by atoms with Crippen molar-refractivity contribution in [1.29, 1.82) is 0 Å². The van der Waals surface area contributed by atoms with Gasteiger partial charge in [0.05, 0.1) is 0 Å². The SMILES string of the molecule is Nc1ccc([C@@H]2CC2CNc2ccc(F)cc2)cc1. The molecule has 0 radical (unpaired) electrons. The van der Waals surface area contributed by atoms with Crippen molar-refractivity contribution < 1.29 is 4.39 Å². The van der Waals surface area contributed by atoms with Crippen molar-refractivity contribution in [3.63, 3.8) is 0 Å². The molecule has 2 nitrogen and oxygen atoms in total. The summed E-state index contributed by atoms with van der Waals surface area (Å²) in [5.41, 5.74) is 8.83. The first-order valence-corrected chi connectivity index (χ1v) is 6.57. The van der Waals surface area contributed by atoms with Crippen molar-refractivity contribution in [3.8, 4) is 0 Å². The summed E-state index contributed by atoms with van der Waals surface area (Å²) in [6, 6.07) is 14.6. The molecule has 3 rings (SSSR count). The Kier molecular flexibility index (Phi) is 3.11. The number of benzene rings is 2. The summed E-state index contributed by atoms with van der Waals surface area (Å²) in [4.78, 5) is 0. The van der Waals surface area contributed by atoms with E-state index in [1.165, 1.54) is 24.1 Å². The maximum atomic E-state index is 12.8. The van der Waals surface area contributed by atoms with E-state index in [-0.39, 0.29) is 5.82 Å². The van der Waals surface area contributed by atoms with Crippen molar-refractivity contribution in [2.45, 2.75) is 12.3 Å². The van der Waals surface area contributed by atoms with E-state index in [2.05, 4.69) is 17.4 Å². The van der Waals surface area contributed by atoms with Crippen LogP contribution in [0.1, 0.15) is 17.9 Å². The molecular formula is C16H17FN2. The van der Waals surface area contributed by atoms with Crippen LogP contribution in [0.25, 0.3) is 0 Å². The number of halogens is 1. The Balaban J connectivity index is 1.53. The molecule has 3 heteroatoms. The average Bonchev–Trinajstić information content (AvgIpc) is 3.19. The monoisotopic (exact) mass is 256 g/mol. The molecule has 0 amide bonds. The van der Waals surface area contributed by atoms with E-state index >= 15 is 0 Å². The van der Waals surface area contributed by atoms with Crippen LogP contribution in [0.2, 0.25) is 0 Å². The van der Waals surface area contributed by atoms with Gasteiger partial charge < -0.3 is 11.1 Å². The number of rotatable bonds is 4. The molecule has 2 aromatic carbocycles. The maximum absolute atomic E-state index is 12.8. The lowest BCUT2D eigenvalue weighted by atomic mass is 10.1. The molecule has 19 heavy (non-hydrogen) atoms. The van der Waals surface area contributed by atoms with Crippen LogP contribution in [0.3, 0.4) is 0 Å². The second-order valence-electron chi connectivity index (χ2n) is 5.16. The molecule has 2 aromatic rings. The molecule has 0 saturated heterocycles. The normalized spacial score (nSPS) is 21.1. The minimum absolute atomic E-state index is 0.197. The Labute approximate surface area is 112 Å². The Morgan fingerprint density at radius 2 is 1.74 bits per heavy atom. The van der Waals surface area contributed by atoms with Crippen LogP contribution in [0.15, 0.2) is 48.5 Å². The third-order valence-electron chi connectivity index (χ3n) is 3.70. The fraction of sp³-hybridized carbons (Fsp3) is 0.250. The molecule has 1 saturated carbocycles. The lowest BCUT2D eigenvalue weighted by molar-refractivity contribution is 0.628. The van der Waals surface area contributed by atoms with Crippen molar-refractivity contribution >= 4 is 11.4 Å². The first kappa shape index (κ1) is 12.0. The van der Waals surface area contributed by atoms with Crippen molar-refractivity contribution in [3.05, 3.63) is 59.9 Å². The largest absolute Gasteiger partial charge is 0.399 e. The van der Waals surface area contributed by atoms with E-state index in [9.17, 15) is 4.39 Å². The summed E-state index contributed by atoms with van der Waals surface area (Å²) in [6.45, 7) is 0.931. The molecule has 2 atom stereocenters. The number of hydrogen-bond acceptors (Lipinski definition) is 2. The highest BCUT2D eigenvalue weighted by Gasteiger charge is 2.37. The van der Waals surface area contributed by atoms with Gasteiger partial charge in [0, 0.05) is 17.9 Å². The van der Waals surface area contributed by atoms with E-state index in [0.29, 0.717) is 11.8 Å². The zero-order chi connectivity index (χ0) is 13.2. The van der Waals surface area contributed by atoms with Gasteiger partial charge in [-0.25, -0.2) is 4.39 Å². The number of nitrogens with one attached hydrogen (secondary N) is 1. The van der Waals surface area contributed by atoms with E-state index in [1.807, 2.05) is 12.1 Å². The van der Waals surface area contributed by atoms with E-state index < -0.39 is 0 Å². The van der Waals surface area contributed by atoms with Crippen molar-refractivity contribution in [1.82, 2.24) is 0 Å². The number of nitrogens with two attached hydrogens (primary N) is 1. The highest BCUT2D eigenvalue weighted by Crippen LogP contribution is 2.47. The lowest BCUT2D eigenvalue weighted by Gasteiger charge is -2.06. The van der Waals surface area contributed by atoms with Gasteiger partial charge in [0.25, 0.3) is 0 Å². The number of nitrogen functional groups attached to an aromatic ring is 1. The predicted molar refractivity (Wildman–Crippen MR) is 76.6 cm³/mol. The van der Waals surface area contributed by atoms with E-state index in [0.717, 1.165) is 17.9 Å². The zero-order valence-corrected chi connectivity index (χ0v) is 10.6. The van der Waals surface area contributed by atoms with Gasteiger partial charge >= 0.3 is 0 Å². The third kappa shape index (κ3) is 2.87. The van der Waals surface area contributed by atoms with Gasteiger partial charge in [0.15, 0.2) is 0 Å². The predicted octanol–water partition coefficient (Wildman–Crippen LogP) is 3.62. The molecule has 3 N–H and O–H groups in total. The van der Waals surface area contributed by atoms with Crippen molar-refractivity contribution in [2.24, 2.45) is 5.92 Å². The molecule has 0 aromatic heterocycles. The summed E-state index contributed by atoms with van der Waals surface area (Å²) < 4.78 is 12.8. The standard InChI is InChI=1S/C16H17FN2/c17-13-3-7-15(8-4-13)19-10-12-9-16(12)11-1-5-14(18)6-2-11/h1-8,12,16,19H,9-10,18H2/t12?,16-/m0/s1. The number of hydrogen-bond donors (Lipinski definition) is 2. The fourth-order valence-electron chi connectivity index (χ4n) is 2.44. The molecular weight excluding hydrogens is 239 g/mol. The molecule has 1 aliphatic rings. The Bertz CT molecular complexity index is 548. The lowest BCUT2D eigenvalue weighted by Crippen LogP contribution is -2.04. The molecule has 98 valence electrons. The van der Waals surface area contributed by atoms with Gasteiger partial charge in [-0.05, 0) is 60.2 Å². The highest BCUT2D eigenvalue weighted by molar-refractivity contribution is 5.44. The molecule has 0 bridgehead atoms. The van der Waals surface area contributed by atoms with Crippen molar-refractivity contribution in [2.75, 3.05) is 17.6 Å². The summed E-state index contributed by atoms with van der Waals surface area (Å²) in [7, 11) is 0. The van der Waals surface area contributed by atoms with Gasteiger partial charge in [-0.2, -0.15) is 0 Å². The molecule has 1 unspecified atom stereocenters. The van der Waals surface area contributed by atoms with Crippen LogP contribution in [0, 0.1) is 11.7 Å². The smallest absolute Gasteiger partial charge is 0.123 e. The Hall–Kier alpha value is -2.03. The first-order valence-electron chi connectivity index (χ1n) is 6.57. The number of anilines is 2. The van der Waals surface area contributed by atoms with E-state index in [1.54, 1.807) is 12.1 Å². The fourth-order valence-corrected chi connectivity index (χ4v) is 2.44. The van der Waals surface area contributed by atoms with Gasteiger partial charge in [-0.1, -0.05) is 12.1 Å². The van der Waals surface area contributed by atoms with Crippen LogP contribution in [-0.4, -0.2) is 6.54 Å². The second kappa shape index (κ2) is 4.92. The molecule has 1 fully saturated rings. The van der Waals surface area contributed by atoms with Crippen LogP contribution >= 0.6 is 0 Å². The van der Waals surface area contributed by atoms with E-state index in [4.69, 9.17) is 5.73 Å². The molecule has 1 aliphatic carbocycles. The summed E-state index contributed by atoms with van der Waals surface area (Å²) in [6.07, 6.45) is 1.21. The zero-order valence-electron chi connectivity index (χ0n) is 10.6. The molecule has 0 aliphatic heterocycles. The van der Waals surface area contributed by atoms with Crippen LogP contribution in [0.4, 0.5) is 15.8 Å². The molecule has 0 spiro atoms. The average molecular weight is 256 g/mol. The van der Waals surface area contributed by atoms with Gasteiger partial charge in [-0.15, -0.1) is 0 Å². The van der Waals surface area contributed by atoms with Crippen LogP contribution in [0.5, 0.6) is 0 Å². The summed E-state index contributed by atoms with van der Waals surface area (Å²) in [5, 5.41) is 3.35. The first-order chi connectivity index (χ1) is 9.22. The second-order valence-corrected chi connectivity index (χ2v) is 5.16. The van der Waals surface area contributed by atoms with Crippen LogP contribution < -0.4 is 11.1 Å². The van der Waals surface area contributed by atoms with Crippen LogP contribution in [-0.2, 0) is 0 Å². The van der Waals surface area contributed by atoms with Gasteiger partial charge in [-0.3, -0.25) is 0 Å². The Morgan fingerprint density at radius 1 is 1.05 bits per heavy atom. The summed E-state index contributed by atoms with van der Waals surface area (Å²) in [5.74, 6) is 1.10. The molecule has 0 heterocycles.